The fourth-order valence-corrected chi connectivity index (χ4v) is 2.63. The topological polar surface area (TPSA) is 52.8 Å². The Morgan fingerprint density at radius 2 is 2.05 bits per heavy atom. The molecule has 1 amide bonds. The van der Waals surface area contributed by atoms with Crippen molar-refractivity contribution >= 4 is 23.1 Å². The van der Waals surface area contributed by atoms with Crippen molar-refractivity contribution < 1.29 is 4.79 Å². The van der Waals surface area contributed by atoms with Crippen LogP contribution in [0.15, 0.2) is 0 Å². The van der Waals surface area contributed by atoms with E-state index in [0.29, 0.717) is 30.4 Å². The van der Waals surface area contributed by atoms with Crippen molar-refractivity contribution in [3.8, 4) is 0 Å². The van der Waals surface area contributed by atoms with Crippen LogP contribution < -0.4 is 5.73 Å². The molecule has 1 atom stereocenters. The molecule has 1 saturated heterocycles. The average molecular weight is 300 g/mol. The molecule has 116 valence electrons. The summed E-state index contributed by atoms with van der Waals surface area (Å²) in [4.78, 5) is 18.8. The van der Waals surface area contributed by atoms with E-state index in [0.717, 1.165) is 13.1 Å². The van der Waals surface area contributed by atoms with Crippen LogP contribution in [0.3, 0.4) is 0 Å². The quantitative estimate of drug-likeness (QED) is 0.663. The van der Waals surface area contributed by atoms with Gasteiger partial charge in [0.25, 0.3) is 0 Å². The zero-order valence-corrected chi connectivity index (χ0v) is 13.8. The number of amides is 1. The molecule has 0 aromatic rings. The predicted octanol–water partition coefficient (Wildman–Crippen LogP) is 0.537. The maximum Gasteiger partial charge on any atom is 0.223 e. The summed E-state index contributed by atoms with van der Waals surface area (Å²) in [6.45, 7) is 3.66. The monoisotopic (exact) mass is 300 g/mol. The number of likely N-dealkylation sites (N-methyl/N-ethyl adjacent to an activating group) is 2. The number of nitrogens with zero attached hydrogens (tertiary/aromatic N) is 3. The summed E-state index contributed by atoms with van der Waals surface area (Å²) in [6, 6.07) is 0.641. The Bertz CT molecular complexity index is 337. The highest BCUT2D eigenvalue weighted by Gasteiger charge is 2.22. The molecule has 1 aliphatic rings. The van der Waals surface area contributed by atoms with Crippen LogP contribution in [0.2, 0.25) is 0 Å². The molecule has 20 heavy (non-hydrogen) atoms. The molecule has 0 aromatic carbocycles. The molecule has 1 rings (SSSR count). The van der Waals surface area contributed by atoms with E-state index in [1.54, 1.807) is 4.90 Å². The molecule has 0 aliphatic carbocycles. The predicted molar refractivity (Wildman–Crippen MR) is 86.8 cm³/mol. The number of rotatable bonds is 8. The van der Waals surface area contributed by atoms with Crippen LogP contribution in [0.4, 0.5) is 0 Å². The summed E-state index contributed by atoms with van der Waals surface area (Å²) in [5.74, 6) is 0.160. The lowest BCUT2D eigenvalue weighted by Crippen LogP contribution is -2.38. The Morgan fingerprint density at radius 1 is 1.35 bits per heavy atom. The number of carbonyl (C=O) groups excluding carboxylic acids is 1. The first-order chi connectivity index (χ1) is 9.40. The van der Waals surface area contributed by atoms with Gasteiger partial charge in [0, 0.05) is 45.6 Å². The molecule has 5 nitrogen and oxygen atoms in total. The fourth-order valence-electron chi connectivity index (χ4n) is 2.54. The van der Waals surface area contributed by atoms with E-state index in [1.807, 2.05) is 7.05 Å². The SMILES string of the molecule is CN(CCC(=O)N(C)CCC(N)=S)CC1CCCN1C. The minimum absolute atomic E-state index is 0.160. The Hall–Kier alpha value is -0.720. The van der Waals surface area contributed by atoms with Crippen LogP contribution in [0.5, 0.6) is 0 Å². The molecule has 0 saturated carbocycles. The molecule has 0 aromatic heterocycles. The lowest BCUT2D eigenvalue weighted by atomic mass is 10.2. The van der Waals surface area contributed by atoms with Gasteiger partial charge in [0.15, 0.2) is 0 Å². The second-order valence-electron chi connectivity index (χ2n) is 5.82. The van der Waals surface area contributed by atoms with E-state index in [2.05, 4.69) is 23.9 Å². The van der Waals surface area contributed by atoms with Gasteiger partial charge < -0.3 is 20.4 Å². The van der Waals surface area contributed by atoms with E-state index in [4.69, 9.17) is 18.0 Å². The van der Waals surface area contributed by atoms with E-state index < -0.39 is 0 Å². The zero-order valence-electron chi connectivity index (χ0n) is 13.0. The number of likely N-dealkylation sites (tertiary alicyclic amines) is 1. The maximum atomic E-state index is 12.0. The first-order valence-corrected chi connectivity index (χ1v) is 7.72. The summed E-state index contributed by atoms with van der Waals surface area (Å²) in [5, 5.41) is 0. The summed E-state index contributed by atoms with van der Waals surface area (Å²) in [7, 11) is 6.08. The zero-order chi connectivity index (χ0) is 15.1. The van der Waals surface area contributed by atoms with E-state index in [-0.39, 0.29) is 5.91 Å². The molecule has 1 aliphatic heterocycles. The highest BCUT2D eigenvalue weighted by atomic mass is 32.1. The van der Waals surface area contributed by atoms with Crippen molar-refractivity contribution in [3.63, 3.8) is 0 Å². The molecule has 0 radical (unpaired) electrons. The lowest BCUT2D eigenvalue weighted by molar-refractivity contribution is -0.130. The van der Waals surface area contributed by atoms with E-state index in [9.17, 15) is 4.79 Å². The first-order valence-electron chi connectivity index (χ1n) is 7.31. The summed E-state index contributed by atoms with van der Waals surface area (Å²) in [6.07, 6.45) is 3.71. The molecular formula is C14H28N4OS. The molecular weight excluding hydrogens is 272 g/mol. The molecule has 0 spiro atoms. The van der Waals surface area contributed by atoms with Crippen LogP contribution in [-0.4, -0.2) is 79.0 Å². The first kappa shape index (κ1) is 17.3. The van der Waals surface area contributed by atoms with Gasteiger partial charge in [0.1, 0.15) is 0 Å². The van der Waals surface area contributed by atoms with E-state index >= 15 is 0 Å². The Kier molecular flexibility index (Phi) is 7.40. The van der Waals surface area contributed by atoms with Crippen molar-refractivity contribution in [2.75, 3.05) is 47.3 Å². The van der Waals surface area contributed by atoms with Crippen LogP contribution in [0.1, 0.15) is 25.7 Å². The number of carbonyl (C=O) groups is 1. The normalized spacial score (nSPS) is 19.5. The van der Waals surface area contributed by atoms with Gasteiger partial charge in [-0.3, -0.25) is 4.79 Å². The third-order valence-electron chi connectivity index (χ3n) is 4.02. The Morgan fingerprint density at radius 3 is 2.60 bits per heavy atom. The largest absolute Gasteiger partial charge is 0.393 e. The fraction of sp³-hybridized carbons (Fsp3) is 0.857. The van der Waals surface area contributed by atoms with Gasteiger partial charge in [0.05, 0.1) is 4.99 Å². The Labute approximate surface area is 128 Å². The van der Waals surface area contributed by atoms with Gasteiger partial charge >= 0.3 is 0 Å². The standard InChI is InChI=1S/C14H28N4OS/c1-16(11-12-5-4-8-17(12)2)9-7-14(19)18(3)10-6-13(15)20/h12H,4-11H2,1-3H3,(H2,15,20). The number of hydrogen-bond donors (Lipinski definition) is 1. The highest BCUT2D eigenvalue weighted by Crippen LogP contribution is 2.15. The minimum atomic E-state index is 0.160. The molecule has 2 N–H and O–H groups in total. The van der Waals surface area contributed by atoms with Crippen LogP contribution in [0, 0.1) is 0 Å². The van der Waals surface area contributed by atoms with Crippen molar-refractivity contribution in [2.45, 2.75) is 31.7 Å². The molecule has 1 fully saturated rings. The Balaban J connectivity index is 2.20. The smallest absolute Gasteiger partial charge is 0.223 e. The summed E-state index contributed by atoms with van der Waals surface area (Å²) >= 11 is 4.82. The second kappa shape index (κ2) is 8.54. The third kappa shape index (κ3) is 6.15. The molecule has 1 heterocycles. The van der Waals surface area contributed by atoms with Crippen LogP contribution in [0.25, 0.3) is 0 Å². The van der Waals surface area contributed by atoms with Gasteiger partial charge in [-0.05, 0) is 33.5 Å². The van der Waals surface area contributed by atoms with Gasteiger partial charge in [0.2, 0.25) is 5.91 Å². The van der Waals surface area contributed by atoms with E-state index in [1.165, 1.54) is 19.4 Å². The summed E-state index contributed by atoms with van der Waals surface area (Å²) in [5.41, 5.74) is 5.45. The third-order valence-corrected chi connectivity index (χ3v) is 4.22. The highest BCUT2D eigenvalue weighted by molar-refractivity contribution is 7.80. The van der Waals surface area contributed by atoms with Crippen molar-refractivity contribution in [1.82, 2.24) is 14.7 Å². The van der Waals surface area contributed by atoms with Gasteiger partial charge in [-0.2, -0.15) is 0 Å². The van der Waals surface area contributed by atoms with Gasteiger partial charge in [-0.15, -0.1) is 0 Å². The number of hydrogen-bond acceptors (Lipinski definition) is 4. The van der Waals surface area contributed by atoms with Crippen molar-refractivity contribution in [3.05, 3.63) is 0 Å². The second-order valence-corrected chi connectivity index (χ2v) is 6.34. The molecule has 1 unspecified atom stereocenters. The average Bonchev–Trinajstić information content (AvgIpc) is 2.78. The number of thiocarbonyl (C=S) groups is 1. The van der Waals surface area contributed by atoms with Crippen LogP contribution in [-0.2, 0) is 4.79 Å². The minimum Gasteiger partial charge on any atom is -0.393 e. The molecule has 6 heteroatoms. The number of nitrogens with two attached hydrogens (primary N) is 1. The molecule has 0 bridgehead atoms. The van der Waals surface area contributed by atoms with Crippen molar-refractivity contribution in [2.24, 2.45) is 5.73 Å². The van der Waals surface area contributed by atoms with Crippen LogP contribution >= 0.6 is 12.2 Å². The van der Waals surface area contributed by atoms with Crippen molar-refractivity contribution in [1.29, 1.82) is 0 Å². The van der Waals surface area contributed by atoms with Gasteiger partial charge in [-0.25, -0.2) is 0 Å². The lowest BCUT2D eigenvalue weighted by Gasteiger charge is -2.26. The summed E-state index contributed by atoms with van der Waals surface area (Å²) < 4.78 is 0. The van der Waals surface area contributed by atoms with Gasteiger partial charge in [-0.1, -0.05) is 12.2 Å². The maximum absolute atomic E-state index is 12.0.